The van der Waals surface area contributed by atoms with Crippen LogP contribution in [0.1, 0.15) is 49.1 Å². The molecule has 2 aromatic carbocycles. The van der Waals surface area contributed by atoms with Crippen LogP contribution in [0.15, 0.2) is 58.3 Å². The summed E-state index contributed by atoms with van der Waals surface area (Å²) >= 11 is 0. The van der Waals surface area contributed by atoms with Gasteiger partial charge in [0.15, 0.2) is 0 Å². The lowest BCUT2D eigenvalue weighted by molar-refractivity contribution is 0.443. The number of nitrogens with two attached hydrogens (primary N) is 1. The van der Waals surface area contributed by atoms with Gasteiger partial charge in [-0.05, 0) is 54.2 Å². The highest BCUT2D eigenvalue weighted by Gasteiger charge is 2.18. The van der Waals surface area contributed by atoms with Gasteiger partial charge in [-0.2, -0.15) is 0 Å². The molecule has 0 aliphatic heterocycles. The summed E-state index contributed by atoms with van der Waals surface area (Å²) in [5, 5.41) is 5.05. The maximum atomic E-state index is 12.5. The molecule has 1 aliphatic carbocycles. The summed E-state index contributed by atoms with van der Waals surface area (Å²) in [4.78, 5) is 0.218. The molecule has 0 heterocycles. The molecule has 0 spiro atoms. The van der Waals surface area contributed by atoms with Gasteiger partial charge in [0.25, 0.3) is 0 Å². The van der Waals surface area contributed by atoms with E-state index in [1.165, 1.54) is 61.9 Å². The molecule has 2 aromatic rings. The zero-order chi connectivity index (χ0) is 19.5. The molecule has 0 atom stereocenters. The van der Waals surface area contributed by atoms with Crippen LogP contribution in [0.3, 0.4) is 0 Å². The van der Waals surface area contributed by atoms with Crippen LogP contribution >= 0.6 is 0 Å². The van der Waals surface area contributed by atoms with E-state index in [1.807, 2.05) is 12.1 Å². The minimum Gasteiger partial charge on any atom is -0.225 e. The highest BCUT2D eigenvalue weighted by molar-refractivity contribution is 7.89. The lowest BCUT2D eigenvalue weighted by Crippen LogP contribution is -2.23. The van der Waals surface area contributed by atoms with Crippen molar-refractivity contribution in [3.8, 4) is 0 Å². The molecule has 8 heteroatoms. The normalized spacial score (nSPS) is 16.3. The second-order valence-corrected chi connectivity index (χ2v) is 10.2. The van der Waals surface area contributed by atoms with Crippen LogP contribution in [-0.4, -0.2) is 16.8 Å². The van der Waals surface area contributed by atoms with Crippen molar-refractivity contribution in [3.05, 3.63) is 59.7 Å². The van der Waals surface area contributed by atoms with E-state index in [-0.39, 0.29) is 16.3 Å². The summed E-state index contributed by atoms with van der Waals surface area (Å²) in [5.74, 6) is 0.529. The number of benzene rings is 2. The number of hydrogen-bond donors (Lipinski definition) is 2. The van der Waals surface area contributed by atoms with Crippen LogP contribution in [-0.2, 0) is 26.6 Å². The fourth-order valence-electron chi connectivity index (χ4n) is 3.41. The molecular weight excluding hydrogens is 384 g/mol. The first-order valence-corrected chi connectivity index (χ1v) is 12.0. The van der Waals surface area contributed by atoms with Crippen LogP contribution in [0.4, 0.5) is 0 Å². The van der Waals surface area contributed by atoms with E-state index in [1.54, 1.807) is 12.1 Å². The fraction of sp³-hybridized carbons (Fsp3) is 0.368. The van der Waals surface area contributed by atoms with E-state index in [0.29, 0.717) is 11.5 Å². The second-order valence-electron chi connectivity index (χ2n) is 6.92. The van der Waals surface area contributed by atoms with Crippen molar-refractivity contribution in [2.75, 3.05) is 0 Å². The van der Waals surface area contributed by atoms with Crippen LogP contribution in [0.2, 0.25) is 0 Å². The first kappa shape index (κ1) is 20.0. The first-order chi connectivity index (χ1) is 12.8. The number of primary sulfonamides is 1. The van der Waals surface area contributed by atoms with E-state index < -0.39 is 20.0 Å². The third-order valence-electron chi connectivity index (χ3n) is 4.99. The average molecular weight is 409 g/mol. The molecule has 3 rings (SSSR count). The van der Waals surface area contributed by atoms with E-state index in [4.69, 9.17) is 5.14 Å². The lowest BCUT2D eigenvalue weighted by atomic mass is 9.84. The van der Waals surface area contributed by atoms with Gasteiger partial charge in [-0.25, -0.2) is 26.7 Å². The van der Waals surface area contributed by atoms with E-state index in [0.717, 1.165) is 0 Å². The molecule has 0 bridgehead atoms. The van der Waals surface area contributed by atoms with Gasteiger partial charge >= 0.3 is 0 Å². The SMILES string of the molecule is NS(=O)(=O)c1ccc(CNS(=O)(=O)c2ccc(C3CCCCC3)cc2)cc1. The van der Waals surface area contributed by atoms with Crippen molar-refractivity contribution in [1.82, 2.24) is 4.72 Å². The van der Waals surface area contributed by atoms with Crippen LogP contribution in [0.5, 0.6) is 0 Å². The molecule has 1 fully saturated rings. The predicted molar refractivity (Wildman–Crippen MR) is 104 cm³/mol. The Morgan fingerprint density at radius 1 is 0.815 bits per heavy atom. The highest BCUT2D eigenvalue weighted by Crippen LogP contribution is 2.32. The largest absolute Gasteiger partial charge is 0.240 e. The summed E-state index contributed by atoms with van der Waals surface area (Å²) in [7, 11) is -7.40. The smallest absolute Gasteiger partial charge is 0.225 e. The monoisotopic (exact) mass is 408 g/mol. The Kier molecular flexibility index (Phi) is 6.00. The van der Waals surface area contributed by atoms with Gasteiger partial charge in [0.05, 0.1) is 9.79 Å². The van der Waals surface area contributed by atoms with Crippen molar-refractivity contribution in [2.24, 2.45) is 5.14 Å². The molecule has 3 N–H and O–H groups in total. The van der Waals surface area contributed by atoms with Crippen molar-refractivity contribution < 1.29 is 16.8 Å². The second kappa shape index (κ2) is 8.10. The minimum absolute atomic E-state index is 0.00703. The highest BCUT2D eigenvalue weighted by atomic mass is 32.2. The number of rotatable bonds is 6. The zero-order valence-electron chi connectivity index (χ0n) is 15.0. The Morgan fingerprint density at radius 3 is 1.93 bits per heavy atom. The van der Waals surface area contributed by atoms with Gasteiger partial charge in [0.2, 0.25) is 20.0 Å². The summed E-state index contributed by atoms with van der Waals surface area (Å²) in [6.45, 7) is 0.0671. The third kappa shape index (κ3) is 5.16. The molecule has 27 heavy (non-hydrogen) atoms. The molecule has 0 saturated heterocycles. The lowest BCUT2D eigenvalue weighted by Gasteiger charge is -2.22. The Balaban J connectivity index is 1.65. The Morgan fingerprint density at radius 2 is 1.37 bits per heavy atom. The minimum atomic E-state index is -3.76. The van der Waals surface area contributed by atoms with Gasteiger partial charge in [-0.15, -0.1) is 0 Å². The zero-order valence-corrected chi connectivity index (χ0v) is 16.6. The Labute approximate surface area is 160 Å². The molecule has 0 radical (unpaired) electrons. The fourth-order valence-corrected chi connectivity index (χ4v) is 4.95. The summed E-state index contributed by atoms with van der Waals surface area (Å²) in [6, 6.07) is 12.9. The molecule has 0 amide bonds. The van der Waals surface area contributed by atoms with Gasteiger partial charge in [-0.3, -0.25) is 0 Å². The third-order valence-corrected chi connectivity index (χ3v) is 7.33. The Hall–Kier alpha value is -1.74. The van der Waals surface area contributed by atoms with Gasteiger partial charge in [0.1, 0.15) is 0 Å². The molecule has 1 saturated carbocycles. The van der Waals surface area contributed by atoms with Crippen LogP contribution < -0.4 is 9.86 Å². The molecular formula is C19H24N2O4S2. The van der Waals surface area contributed by atoms with Crippen LogP contribution in [0.25, 0.3) is 0 Å². The van der Waals surface area contributed by atoms with E-state index in [2.05, 4.69) is 4.72 Å². The van der Waals surface area contributed by atoms with Gasteiger partial charge < -0.3 is 0 Å². The van der Waals surface area contributed by atoms with Crippen molar-refractivity contribution in [2.45, 2.75) is 54.4 Å². The van der Waals surface area contributed by atoms with Gasteiger partial charge in [0, 0.05) is 6.54 Å². The van der Waals surface area contributed by atoms with E-state index in [9.17, 15) is 16.8 Å². The number of nitrogens with one attached hydrogen (secondary N) is 1. The predicted octanol–water partition coefficient (Wildman–Crippen LogP) is 2.86. The molecule has 146 valence electrons. The standard InChI is InChI=1S/C19H24N2O4S2/c20-26(22,23)18-10-6-15(7-11-18)14-21-27(24,25)19-12-8-17(9-13-19)16-4-2-1-3-5-16/h6-13,16,21H,1-5,14H2,(H2,20,22,23). The molecule has 0 unspecified atom stereocenters. The summed E-state index contributed by atoms with van der Waals surface area (Å²) < 4.78 is 50.0. The molecule has 6 nitrogen and oxygen atoms in total. The number of hydrogen-bond acceptors (Lipinski definition) is 4. The summed E-state index contributed by atoms with van der Waals surface area (Å²) in [6.07, 6.45) is 6.08. The number of sulfonamides is 2. The molecule has 0 aromatic heterocycles. The van der Waals surface area contributed by atoms with Crippen molar-refractivity contribution in [3.63, 3.8) is 0 Å². The average Bonchev–Trinajstić information content (AvgIpc) is 2.67. The first-order valence-electron chi connectivity index (χ1n) is 8.97. The van der Waals surface area contributed by atoms with E-state index >= 15 is 0 Å². The topological polar surface area (TPSA) is 106 Å². The maximum absolute atomic E-state index is 12.5. The maximum Gasteiger partial charge on any atom is 0.240 e. The van der Waals surface area contributed by atoms with Gasteiger partial charge in [-0.1, -0.05) is 43.5 Å². The Bertz CT molecular complexity index is 977. The van der Waals surface area contributed by atoms with Crippen molar-refractivity contribution >= 4 is 20.0 Å². The van der Waals surface area contributed by atoms with Crippen molar-refractivity contribution in [1.29, 1.82) is 0 Å². The quantitative estimate of drug-likeness (QED) is 0.766. The summed E-state index contributed by atoms with van der Waals surface area (Å²) in [5.41, 5.74) is 1.84. The van der Waals surface area contributed by atoms with Crippen LogP contribution in [0, 0.1) is 0 Å². The molecule has 1 aliphatic rings.